The van der Waals surface area contributed by atoms with Crippen LogP contribution in [0.5, 0.6) is 0 Å². The van der Waals surface area contributed by atoms with Gasteiger partial charge in [-0.1, -0.05) is 24.3 Å². The van der Waals surface area contributed by atoms with Crippen LogP contribution in [0.3, 0.4) is 0 Å². The van der Waals surface area contributed by atoms with Crippen LogP contribution in [-0.4, -0.2) is 37.7 Å². The normalized spacial score (nSPS) is 18.0. The van der Waals surface area contributed by atoms with E-state index in [1.54, 1.807) is 13.8 Å². The summed E-state index contributed by atoms with van der Waals surface area (Å²) in [6, 6.07) is 8.69. The zero-order valence-electron chi connectivity index (χ0n) is 12.5. The molecule has 0 amide bonds. The summed E-state index contributed by atoms with van der Waals surface area (Å²) in [6.07, 6.45) is 1.04. The molecule has 2 rings (SSSR count). The van der Waals surface area contributed by atoms with Crippen LogP contribution in [0.25, 0.3) is 0 Å². The van der Waals surface area contributed by atoms with Crippen molar-refractivity contribution < 1.29 is 8.42 Å². The highest BCUT2D eigenvalue weighted by Gasteiger charge is 2.22. The first-order valence-corrected chi connectivity index (χ1v) is 8.74. The summed E-state index contributed by atoms with van der Waals surface area (Å²) in [5.74, 6) is 0. The van der Waals surface area contributed by atoms with E-state index in [9.17, 15) is 8.42 Å². The molecule has 0 unspecified atom stereocenters. The van der Waals surface area contributed by atoms with E-state index >= 15 is 0 Å². The average Bonchev–Trinajstić information content (AvgIpc) is 2.44. The molecular weight excluding hydrogens is 272 g/mol. The van der Waals surface area contributed by atoms with E-state index in [2.05, 4.69) is 40.8 Å². The lowest BCUT2D eigenvalue weighted by Gasteiger charge is -2.33. The molecule has 1 heterocycles. The van der Waals surface area contributed by atoms with Gasteiger partial charge in [0, 0.05) is 25.7 Å². The van der Waals surface area contributed by atoms with Gasteiger partial charge in [0.25, 0.3) is 0 Å². The van der Waals surface area contributed by atoms with Gasteiger partial charge in [-0.2, -0.15) is 0 Å². The predicted molar refractivity (Wildman–Crippen MR) is 82.1 cm³/mol. The van der Waals surface area contributed by atoms with Crippen molar-refractivity contribution in [3.8, 4) is 0 Å². The summed E-state index contributed by atoms with van der Waals surface area (Å²) in [7, 11) is -3.17. The van der Waals surface area contributed by atoms with Crippen LogP contribution in [0.15, 0.2) is 24.3 Å². The number of benzene rings is 1. The molecule has 4 nitrogen and oxygen atoms in total. The van der Waals surface area contributed by atoms with Crippen molar-refractivity contribution in [3.63, 3.8) is 0 Å². The van der Waals surface area contributed by atoms with Crippen LogP contribution in [0.4, 0.5) is 0 Å². The van der Waals surface area contributed by atoms with Gasteiger partial charge in [0.05, 0.1) is 5.25 Å². The largest absolute Gasteiger partial charge is 0.295 e. The third-order valence-electron chi connectivity index (χ3n) is 3.98. The summed E-state index contributed by atoms with van der Waals surface area (Å²) in [5.41, 5.74) is 2.77. The molecule has 112 valence electrons. The Balaban J connectivity index is 1.94. The molecule has 1 N–H and O–H groups in total. The van der Waals surface area contributed by atoms with Crippen LogP contribution in [0, 0.1) is 0 Å². The molecule has 20 heavy (non-hydrogen) atoms. The number of fused-ring (bicyclic) bond motifs is 1. The summed E-state index contributed by atoms with van der Waals surface area (Å²) in [5, 5.41) is -0.378. The van der Waals surface area contributed by atoms with Gasteiger partial charge in [-0.05, 0) is 38.3 Å². The van der Waals surface area contributed by atoms with Crippen molar-refractivity contribution >= 4 is 10.0 Å². The quantitative estimate of drug-likeness (QED) is 0.901. The molecule has 0 fully saturated rings. The van der Waals surface area contributed by atoms with E-state index < -0.39 is 10.0 Å². The number of hydrogen-bond acceptors (Lipinski definition) is 3. The zero-order chi connectivity index (χ0) is 14.8. The first-order chi connectivity index (χ1) is 9.40. The molecule has 0 bridgehead atoms. The Labute approximate surface area is 122 Å². The Morgan fingerprint density at radius 3 is 2.50 bits per heavy atom. The van der Waals surface area contributed by atoms with Crippen LogP contribution in [0.2, 0.25) is 0 Å². The fourth-order valence-electron chi connectivity index (χ4n) is 2.43. The van der Waals surface area contributed by atoms with Gasteiger partial charge in [-0.15, -0.1) is 0 Å². The predicted octanol–water partition coefficient (Wildman–Crippen LogP) is 1.76. The third-order valence-corrected chi connectivity index (χ3v) is 5.79. The highest BCUT2D eigenvalue weighted by Crippen LogP contribution is 2.20. The van der Waals surface area contributed by atoms with Crippen molar-refractivity contribution in [2.24, 2.45) is 0 Å². The lowest BCUT2D eigenvalue weighted by Crippen LogP contribution is -2.45. The standard InChI is InChI=1S/C15H24N2O2S/c1-12(2)20(18,19)16-10-13(3)17-9-8-14-6-4-5-7-15(14)11-17/h4-7,12-13,16H,8-11H2,1-3H3/t13-/m0/s1. The average molecular weight is 296 g/mol. The SMILES string of the molecule is CC(C)S(=O)(=O)NC[C@H](C)N1CCc2ccccc2C1. The monoisotopic (exact) mass is 296 g/mol. The second-order valence-corrected chi connectivity index (χ2v) is 8.10. The van der Waals surface area contributed by atoms with Crippen molar-refractivity contribution in [1.82, 2.24) is 9.62 Å². The van der Waals surface area contributed by atoms with Gasteiger partial charge in [0.1, 0.15) is 0 Å². The van der Waals surface area contributed by atoms with Crippen LogP contribution < -0.4 is 4.72 Å². The number of hydrogen-bond donors (Lipinski definition) is 1. The molecule has 1 atom stereocenters. The number of nitrogens with one attached hydrogen (secondary N) is 1. The minimum atomic E-state index is -3.17. The van der Waals surface area contributed by atoms with Gasteiger partial charge >= 0.3 is 0 Å². The van der Waals surface area contributed by atoms with Gasteiger partial charge < -0.3 is 0 Å². The smallest absolute Gasteiger partial charge is 0.213 e. The van der Waals surface area contributed by atoms with Crippen molar-refractivity contribution in [2.45, 2.75) is 45.0 Å². The summed E-state index contributed by atoms with van der Waals surface area (Å²) in [6.45, 7) is 7.84. The fourth-order valence-corrected chi connectivity index (χ4v) is 3.23. The summed E-state index contributed by atoms with van der Waals surface area (Å²) >= 11 is 0. The Kier molecular flexibility index (Phi) is 4.83. The molecule has 1 aromatic rings. The second kappa shape index (κ2) is 6.24. The lowest BCUT2D eigenvalue weighted by molar-refractivity contribution is 0.192. The number of nitrogens with zero attached hydrogens (tertiary/aromatic N) is 1. The van der Waals surface area contributed by atoms with E-state index in [0.29, 0.717) is 6.54 Å². The Bertz CT molecular complexity index is 555. The zero-order valence-corrected chi connectivity index (χ0v) is 13.3. The number of sulfonamides is 1. The molecule has 0 aromatic heterocycles. The fraction of sp³-hybridized carbons (Fsp3) is 0.600. The van der Waals surface area contributed by atoms with Crippen molar-refractivity contribution in [1.29, 1.82) is 0 Å². The van der Waals surface area contributed by atoms with Crippen LogP contribution >= 0.6 is 0 Å². The molecule has 1 aliphatic heterocycles. The molecule has 1 aliphatic rings. The number of rotatable bonds is 5. The summed E-state index contributed by atoms with van der Waals surface area (Å²) in [4.78, 5) is 2.34. The molecule has 1 aromatic carbocycles. The van der Waals surface area contributed by atoms with Crippen LogP contribution in [0.1, 0.15) is 31.9 Å². The Morgan fingerprint density at radius 1 is 1.20 bits per heavy atom. The molecule has 0 aliphatic carbocycles. The maximum absolute atomic E-state index is 11.8. The van der Waals surface area contributed by atoms with E-state index in [1.165, 1.54) is 11.1 Å². The molecular formula is C15H24N2O2S. The molecule has 5 heteroatoms. The highest BCUT2D eigenvalue weighted by molar-refractivity contribution is 7.90. The first kappa shape index (κ1) is 15.5. The Hall–Kier alpha value is -0.910. The van der Waals surface area contributed by atoms with E-state index in [1.807, 2.05) is 0 Å². The second-order valence-electron chi connectivity index (χ2n) is 5.78. The molecule has 0 saturated carbocycles. The highest BCUT2D eigenvalue weighted by atomic mass is 32.2. The molecule has 0 spiro atoms. The molecule has 0 radical (unpaired) electrons. The maximum Gasteiger partial charge on any atom is 0.213 e. The maximum atomic E-state index is 11.8. The van der Waals surface area contributed by atoms with Crippen LogP contribution in [-0.2, 0) is 23.0 Å². The van der Waals surface area contributed by atoms with E-state index in [0.717, 1.165) is 19.5 Å². The van der Waals surface area contributed by atoms with Gasteiger partial charge in [-0.3, -0.25) is 4.90 Å². The van der Waals surface area contributed by atoms with Crippen molar-refractivity contribution in [2.75, 3.05) is 13.1 Å². The van der Waals surface area contributed by atoms with E-state index in [4.69, 9.17) is 0 Å². The van der Waals surface area contributed by atoms with Gasteiger partial charge in [0.2, 0.25) is 10.0 Å². The molecule has 0 saturated heterocycles. The van der Waals surface area contributed by atoms with Gasteiger partial charge in [-0.25, -0.2) is 13.1 Å². The minimum Gasteiger partial charge on any atom is -0.295 e. The van der Waals surface area contributed by atoms with Gasteiger partial charge in [0.15, 0.2) is 0 Å². The Morgan fingerprint density at radius 2 is 1.85 bits per heavy atom. The van der Waals surface area contributed by atoms with E-state index in [-0.39, 0.29) is 11.3 Å². The van der Waals surface area contributed by atoms with Crippen molar-refractivity contribution in [3.05, 3.63) is 35.4 Å². The topological polar surface area (TPSA) is 49.4 Å². The first-order valence-electron chi connectivity index (χ1n) is 7.19. The minimum absolute atomic E-state index is 0.205. The third kappa shape index (κ3) is 3.59. The summed E-state index contributed by atoms with van der Waals surface area (Å²) < 4.78 is 26.3. The lowest BCUT2D eigenvalue weighted by atomic mass is 9.99.